The summed E-state index contributed by atoms with van der Waals surface area (Å²) < 4.78 is 0. The molecule has 0 aliphatic heterocycles. The molecular formula is C19H31N. The minimum atomic E-state index is 0.657. The fraction of sp³-hybridized carbons (Fsp3) is 0.684. The van der Waals surface area contributed by atoms with Crippen molar-refractivity contribution in [3.05, 3.63) is 35.9 Å². The van der Waals surface area contributed by atoms with Gasteiger partial charge in [-0.15, -0.1) is 0 Å². The van der Waals surface area contributed by atoms with Crippen LogP contribution in [0.2, 0.25) is 0 Å². The third-order valence-corrected chi connectivity index (χ3v) is 5.02. The fourth-order valence-electron chi connectivity index (χ4n) is 3.45. The predicted molar refractivity (Wildman–Crippen MR) is 88.1 cm³/mol. The van der Waals surface area contributed by atoms with Crippen LogP contribution in [0.5, 0.6) is 0 Å². The van der Waals surface area contributed by atoms with E-state index in [1.54, 1.807) is 0 Å². The first-order chi connectivity index (χ1) is 9.77. The first-order valence-corrected chi connectivity index (χ1v) is 8.55. The number of rotatable bonds is 6. The lowest BCUT2D eigenvalue weighted by molar-refractivity contribution is 0.335. The second kappa shape index (κ2) is 8.46. The van der Waals surface area contributed by atoms with Gasteiger partial charge in [0.2, 0.25) is 0 Å². The Morgan fingerprint density at radius 1 is 1.00 bits per heavy atom. The van der Waals surface area contributed by atoms with Crippen LogP contribution in [0.3, 0.4) is 0 Å². The Bertz CT molecular complexity index is 351. The van der Waals surface area contributed by atoms with E-state index in [0.717, 1.165) is 12.5 Å². The third-order valence-electron chi connectivity index (χ3n) is 5.02. The Hall–Kier alpha value is -0.820. The Balaban J connectivity index is 1.69. The van der Waals surface area contributed by atoms with E-state index < -0.39 is 0 Å². The van der Waals surface area contributed by atoms with Crippen LogP contribution in [0.1, 0.15) is 70.3 Å². The van der Waals surface area contributed by atoms with Crippen LogP contribution in [0.4, 0.5) is 0 Å². The van der Waals surface area contributed by atoms with Crippen molar-refractivity contribution in [2.75, 3.05) is 6.54 Å². The molecule has 2 atom stereocenters. The average Bonchev–Trinajstić information content (AvgIpc) is 2.77. The van der Waals surface area contributed by atoms with Crippen LogP contribution in [-0.2, 0) is 0 Å². The lowest BCUT2D eigenvalue weighted by Gasteiger charge is -2.24. The summed E-state index contributed by atoms with van der Waals surface area (Å²) in [5.74, 6) is 1.56. The summed E-state index contributed by atoms with van der Waals surface area (Å²) in [4.78, 5) is 0. The van der Waals surface area contributed by atoms with Gasteiger partial charge in [-0.05, 0) is 50.1 Å². The number of nitrogens with one attached hydrogen (secondary N) is 1. The molecule has 0 amide bonds. The molecule has 1 heteroatoms. The highest BCUT2D eigenvalue weighted by atomic mass is 14.9. The molecule has 1 aromatic carbocycles. The molecule has 1 nitrogen and oxygen atoms in total. The van der Waals surface area contributed by atoms with Gasteiger partial charge in [-0.3, -0.25) is 0 Å². The lowest BCUT2D eigenvalue weighted by atomic mass is 9.92. The Labute approximate surface area is 125 Å². The van der Waals surface area contributed by atoms with Gasteiger partial charge in [-0.2, -0.15) is 0 Å². The highest BCUT2D eigenvalue weighted by Gasteiger charge is 2.18. The van der Waals surface area contributed by atoms with Gasteiger partial charge in [0.15, 0.2) is 0 Å². The first kappa shape index (κ1) is 15.6. The van der Waals surface area contributed by atoms with Crippen LogP contribution in [-0.4, -0.2) is 12.6 Å². The Morgan fingerprint density at radius 3 is 2.30 bits per heavy atom. The van der Waals surface area contributed by atoms with Crippen molar-refractivity contribution in [1.82, 2.24) is 5.32 Å². The standard InChI is InChI=1S/C19H31N/c1-16(18-10-8-5-9-11-18)14-15-20-17(2)19-12-6-3-4-7-13-19/h5,8-11,16-17,19-20H,3-4,6-7,12-15H2,1-2H3/t16?,17-/m0/s1. The van der Waals surface area contributed by atoms with E-state index in [4.69, 9.17) is 0 Å². The maximum atomic E-state index is 3.78. The van der Waals surface area contributed by atoms with Crippen molar-refractivity contribution in [3.63, 3.8) is 0 Å². The van der Waals surface area contributed by atoms with E-state index in [-0.39, 0.29) is 0 Å². The molecule has 0 heterocycles. The van der Waals surface area contributed by atoms with Crippen LogP contribution < -0.4 is 5.32 Å². The lowest BCUT2D eigenvalue weighted by Crippen LogP contribution is -2.34. The van der Waals surface area contributed by atoms with Gasteiger partial charge < -0.3 is 5.32 Å². The summed E-state index contributed by atoms with van der Waals surface area (Å²) in [5.41, 5.74) is 1.47. The number of benzene rings is 1. The van der Waals surface area contributed by atoms with Crippen LogP contribution >= 0.6 is 0 Å². The molecule has 1 aliphatic rings. The van der Waals surface area contributed by atoms with E-state index in [2.05, 4.69) is 49.5 Å². The SMILES string of the molecule is CC(CCN[C@@H](C)C1CCCCCC1)c1ccccc1. The summed E-state index contributed by atoms with van der Waals surface area (Å²) in [6.07, 6.45) is 9.89. The van der Waals surface area contributed by atoms with E-state index in [9.17, 15) is 0 Å². The van der Waals surface area contributed by atoms with Crippen LogP contribution in [0, 0.1) is 5.92 Å². The summed E-state index contributed by atoms with van der Waals surface area (Å²) in [5, 5.41) is 3.78. The molecular weight excluding hydrogens is 242 g/mol. The van der Waals surface area contributed by atoms with Crippen molar-refractivity contribution >= 4 is 0 Å². The number of hydrogen-bond donors (Lipinski definition) is 1. The smallest absolute Gasteiger partial charge is 0.00670 e. The van der Waals surface area contributed by atoms with Gasteiger partial charge >= 0.3 is 0 Å². The molecule has 1 fully saturated rings. The van der Waals surface area contributed by atoms with Gasteiger partial charge in [0.05, 0.1) is 0 Å². The highest BCUT2D eigenvalue weighted by molar-refractivity contribution is 5.18. The Kier molecular flexibility index (Phi) is 6.59. The maximum absolute atomic E-state index is 3.78. The van der Waals surface area contributed by atoms with Crippen molar-refractivity contribution < 1.29 is 0 Å². The van der Waals surface area contributed by atoms with Crippen molar-refractivity contribution in [2.45, 2.75) is 70.8 Å². The van der Waals surface area contributed by atoms with Gasteiger partial charge in [0.1, 0.15) is 0 Å². The number of hydrogen-bond acceptors (Lipinski definition) is 1. The monoisotopic (exact) mass is 273 g/mol. The van der Waals surface area contributed by atoms with Gasteiger partial charge in [-0.1, -0.05) is 62.9 Å². The zero-order valence-electron chi connectivity index (χ0n) is 13.3. The van der Waals surface area contributed by atoms with Crippen molar-refractivity contribution in [2.24, 2.45) is 5.92 Å². The first-order valence-electron chi connectivity index (χ1n) is 8.55. The van der Waals surface area contributed by atoms with Crippen molar-refractivity contribution in [1.29, 1.82) is 0 Å². The predicted octanol–water partition coefficient (Wildman–Crippen LogP) is 5.13. The molecule has 1 saturated carbocycles. The summed E-state index contributed by atoms with van der Waals surface area (Å²) in [6.45, 7) is 5.88. The summed E-state index contributed by atoms with van der Waals surface area (Å²) in [6, 6.07) is 11.6. The molecule has 2 rings (SSSR count). The van der Waals surface area contributed by atoms with Gasteiger partial charge in [0, 0.05) is 6.04 Å². The Morgan fingerprint density at radius 2 is 1.65 bits per heavy atom. The van der Waals surface area contributed by atoms with Gasteiger partial charge in [-0.25, -0.2) is 0 Å². The van der Waals surface area contributed by atoms with E-state index >= 15 is 0 Å². The summed E-state index contributed by atoms with van der Waals surface area (Å²) in [7, 11) is 0. The zero-order chi connectivity index (χ0) is 14.2. The second-order valence-electron chi connectivity index (χ2n) is 6.59. The molecule has 0 saturated heterocycles. The average molecular weight is 273 g/mol. The van der Waals surface area contributed by atoms with E-state index in [1.165, 1.54) is 50.5 Å². The highest BCUT2D eigenvalue weighted by Crippen LogP contribution is 2.25. The van der Waals surface area contributed by atoms with Gasteiger partial charge in [0.25, 0.3) is 0 Å². The quantitative estimate of drug-likeness (QED) is 0.709. The molecule has 1 aromatic rings. The third kappa shape index (κ3) is 4.94. The van der Waals surface area contributed by atoms with Crippen molar-refractivity contribution in [3.8, 4) is 0 Å². The molecule has 20 heavy (non-hydrogen) atoms. The normalized spacial score (nSPS) is 20.3. The summed E-state index contributed by atoms with van der Waals surface area (Å²) >= 11 is 0. The molecule has 0 bridgehead atoms. The van der Waals surface area contributed by atoms with Crippen LogP contribution in [0.25, 0.3) is 0 Å². The molecule has 0 aromatic heterocycles. The maximum Gasteiger partial charge on any atom is 0.00670 e. The molecule has 1 unspecified atom stereocenters. The fourth-order valence-corrected chi connectivity index (χ4v) is 3.45. The molecule has 0 radical (unpaired) electrons. The minimum absolute atomic E-state index is 0.657. The topological polar surface area (TPSA) is 12.0 Å². The zero-order valence-corrected chi connectivity index (χ0v) is 13.3. The molecule has 112 valence electrons. The molecule has 0 spiro atoms. The van der Waals surface area contributed by atoms with E-state index in [1.807, 2.05) is 0 Å². The van der Waals surface area contributed by atoms with Crippen LogP contribution in [0.15, 0.2) is 30.3 Å². The van der Waals surface area contributed by atoms with E-state index in [0.29, 0.717) is 12.0 Å². The molecule has 1 aliphatic carbocycles. The largest absolute Gasteiger partial charge is 0.314 e. The second-order valence-corrected chi connectivity index (χ2v) is 6.59. The molecule has 1 N–H and O–H groups in total. The minimum Gasteiger partial charge on any atom is -0.314 e.